The first kappa shape index (κ1) is 30.0. The monoisotopic (exact) mass is 574 g/mol. The molecular weight excluding hydrogens is 547 g/mol. The summed E-state index contributed by atoms with van der Waals surface area (Å²) in [7, 11) is -2.79. The van der Waals surface area contributed by atoms with E-state index in [1.807, 2.05) is 34.6 Å². The third-order valence-corrected chi connectivity index (χ3v) is 6.30. The Labute approximate surface area is 224 Å². The van der Waals surface area contributed by atoms with Crippen molar-refractivity contribution in [2.75, 3.05) is 12.8 Å². The number of rotatable bonds is 5. The van der Waals surface area contributed by atoms with Crippen LogP contribution in [0.2, 0.25) is 10.0 Å². The molecule has 14 heteroatoms. The average Bonchev–Trinajstić information content (AvgIpc) is 3.17. The Bertz CT molecular complexity index is 1410. The van der Waals surface area contributed by atoms with E-state index in [4.69, 9.17) is 38.1 Å². The number of nitrogens with one attached hydrogen (secondary N) is 1. The van der Waals surface area contributed by atoms with Crippen molar-refractivity contribution in [2.24, 2.45) is 0 Å². The molecule has 3 aromatic rings. The number of hydrogen-bond acceptors (Lipinski definition) is 9. The van der Waals surface area contributed by atoms with E-state index < -0.39 is 21.9 Å². The van der Waals surface area contributed by atoms with Crippen molar-refractivity contribution in [2.45, 2.75) is 51.0 Å². The van der Waals surface area contributed by atoms with Crippen LogP contribution in [0.5, 0.6) is 5.75 Å². The highest BCUT2D eigenvalue weighted by atomic mass is 35.5. The predicted molar refractivity (Wildman–Crippen MR) is 140 cm³/mol. The smallest absolute Gasteiger partial charge is 0.442 e. The maximum atomic E-state index is 12.1. The first-order valence-corrected chi connectivity index (χ1v) is 13.0. The van der Waals surface area contributed by atoms with Crippen LogP contribution in [0, 0.1) is 0 Å². The lowest BCUT2D eigenvalue weighted by molar-refractivity contribution is 0.177. The molecule has 0 unspecified atom stereocenters. The number of carbonyl (C=O) groups is 1. The summed E-state index contributed by atoms with van der Waals surface area (Å²) in [6, 6.07) is 8.54. The lowest BCUT2D eigenvalue weighted by atomic mass is 9.97. The second-order valence-corrected chi connectivity index (χ2v) is 11.4. The van der Waals surface area contributed by atoms with Gasteiger partial charge in [-0.3, -0.25) is 0 Å². The molecule has 0 bridgehead atoms. The van der Waals surface area contributed by atoms with Crippen LogP contribution < -0.4 is 20.9 Å². The third kappa shape index (κ3) is 8.14. The van der Waals surface area contributed by atoms with E-state index in [1.54, 1.807) is 10.8 Å². The molecule has 3 N–H and O–H groups in total. The quantitative estimate of drug-likeness (QED) is 0.417. The zero-order valence-electron chi connectivity index (χ0n) is 21.0. The van der Waals surface area contributed by atoms with E-state index in [0.29, 0.717) is 28.0 Å². The number of amides is 1. The molecular formula is C23H28Cl2N4O7S. The van der Waals surface area contributed by atoms with Gasteiger partial charge in [0.15, 0.2) is 0 Å². The van der Waals surface area contributed by atoms with Crippen LogP contribution in [0.4, 0.5) is 10.5 Å². The van der Waals surface area contributed by atoms with Crippen molar-refractivity contribution in [1.29, 1.82) is 0 Å². The molecule has 1 aromatic heterocycles. The van der Waals surface area contributed by atoms with Crippen LogP contribution in [0.25, 0.3) is 5.69 Å². The van der Waals surface area contributed by atoms with Gasteiger partial charge in [-0.1, -0.05) is 44.0 Å². The number of halogens is 2. The average molecular weight is 575 g/mol. The lowest BCUT2D eigenvalue weighted by Crippen LogP contribution is -2.30. The molecule has 0 fully saturated rings. The molecule has 3 rings (SSSR count). The van der Waals surface area contributed by atoms with Crippen LogP contribution >= 0.6 is 23.2 Å². The number of nitrogen functional groups attached to an aromatic ring is 1. The van der Waals surface area contributed by atoms with E-state index in [2.05, 4.69) is 9.84 Å². The number of hydrogen-bond donors (Lipinski definition) is 2. The van der Waals surface area contributed by atoms with Crippen molar-refractivity contribution in [3.63, 3.8) is 0 Å². The number of anilines is 1. The molecule has 0 radical (unpaired) electrons. The molecule has 0 spiro atoms. The maximum absolute atomic E-state index is 12.1. The zero-order chi connectivity index (χ0) is 28.1. The highest BCUT2D eigenvalue weighted by molar-refractivity contribution is 7.90. The molecule has 11 nitrogen and oxygen atoms in total. The van der Waals surface area contributed by atoms with E-state index in [0.717, 1.165) is 11.8 Å². The predicted octanol–water partition coefficient (Wildman–Crippen LogP) is 4.53. The Morgan fingerprint density at radius 2 is 1.73 bits per heavy atom. The summed E-state index contributed by atoms with van der Waals surface area (Å²) in [5.74, 6) is 0.155. The number of nitrogens with zero attached hydrogens (tertiary/aromatic N) is 2. The summed E-state index contributed by atoms with van der Waals surface area (Å²) in [4.78, 5) is 22.7. The van der Waals surface area contributed by atoms with Crippen molar-refractivity contribution < 1.29 is 27.1 Å². The number of sulfonamides is 1. The van der Waals surface area contributed by atoms with E-state index in [-0.39, 0.29) is 21.4 Å². The van der Waals surface area contributed by atoms with Crippen LogP contribution in [0.3, 0.4) is 0 Å². The standard InChI is InChI=1S/C15H18Cl2N2O3.C8H10N2O4S/c1-8(2)21-12-7-11(9(16)6-10(12)17)19-14(20)22-13(18-19)15(3,4)5;1-14-8(11)10-15(12,13)7-4-2-6(9)3-5-7/h6-8H,1-5H3;2-5H,9H2,1H3,(H,10,11). The molecule has 0 aliphatic heterocycles. The van der Waals surface area contributed by atoms with Crippen LogP contribution in [-0.4, -0.2) is 37.5 Å². The number of carbonyl (C=O) groups excluding carboxylic acids is 1. The summed E-state index contributed by atoms with van der Waals surface area (Å²) < 4.78 is 40.7. The number of benzene rings is 2. The van der Waals surface area contributed by atoms with Gasteiger partial charge in [-0.15, -0.1) is 5.10 Å². The highest BCUT2D eigenvalue weighted by Crippen LogP contribution is 2.33. The number of ether oxygens (including phenoxy) is 2. The summed E-state index contributed by atoms with van der Waals surface area (Å²) in [5, 5.41) is 4.88. The van der Waals surface area contributed by atoms with Gasteiger partial charge in [0.05, 0.1) is 33.8 Å². The van der Waals surface area contributed by atoms with E-state index in [9.17, 15) is 18.0 Å². The van der Waals surface area contributed by atoms with Gasteiger partial charge < -0.3 is 19.6 Å². The maximum Gasteiger partial charge on any atom is 0.442 e. The van der Waals surface area contributed by atoms with Crippen LogP contribution in [-0.2, 0) is 20.2 Å². The molecule has 0 aliphatic rings. The fraction of sp³-hybridized carbons (Fsp3) is 0.348. The van der Waals surface area contributed by atoms with Gasteiger partial charge in [0.1, 0.15) is 5.75 Å². The molecule has 0 saturated carbocycles. The number of nitrogens with two attached hydrogens (primary N) is 1. The topological polar surface area (TPSA) is 156 Å². The van der Waals surface area contributed by atoms with Crippen molar-refractivity contribution >= 4 is 45.0 Å². The second-order valence-electron chi connectivity index (χ2n) is 8.90. The van der Waals surface area contributed by atoms with Crippen LogP contribution in [0.15, 0.2) is 50.5 Å². The number of methoxy groups -OCH3 is 1. The first-order chi connectivity index (χ1) is 17.0. The molecule has 1 amide bonds. The summed E-state index contributed by atoms with van der Waals surface area (Å²) in [5.41, 5.74) is 5.81. The Morgan fingerprint density at radius 1 is 1.14 bits per heavy atom. The minimum atomic E-state index is -3.87. The third-order valence-electron chi connectivity index (χ3n) is 4.38. The van der Waals surface area contributed by atoms with Gasteiger partial charge in [-0.2, -0.15) is 4.68 Å². The van der Waals surface area contributed by atoms with Gasteiger partial charge >= 0.3 is 11.8 Å². The van der Waals surface area contributed by atoms with Crippen molar-refractivity contribution in [3.8, 4) is 11.4 Å². The Kier molecular flexibility index (Phi) is 9.64. The molecule has 37 heavy (non-hydrogen) atoms. The van der Waals surface area contributed by atoms with Gasteiger partial charge in [0.2, 0.25) is 5.89 Å². The fourth-order valence-corrected chi connectivity index (χ4v) is 4.04. The molecule has 2 aromatic carbocycles. The molecule has 202 valence electrons. The normalized spacial score (nSPS) is 11.5. The fourth-order valence-electron chi connectivity index (χ4n) is 2.62. The summed E-state index contributed by atoms with van der Waals surface area (Å²) >= 11 is 12.3. The summed E-state index contributed by atoms with van der Waals surface area (Å²) in [6.07, 6.45) is -1.10. The van der Waals surface area contributed by atoms with Gasteiger partial charge in [0.25, 0.3) is 10.0 Å². The van der Waals surface area contributed by atoms with Crippen LogP contribution in [0.1, 0.15) is 40.5 Å². The second kappa shape index (κ2) is 11.9. The Morgan fingerprint density at radius 3 is 2.22 bits per heavy atom. The first-order valence-electron chi connectivity index (χ1n) is 10.8. The largest absolute Gasteiger partial charge is 0.489 e. The lowest BCUT2D eigenvalue weighted by Gasteiger charge is -2.13. The van der Waals surface area contributed by atoms with Gasteiger partial charge in [-0.05, 0) is 44.2 Å². The van der Waals surface area contributed by atoms with E-state index >= 15 is 0 Å². The zero-order valence-corrected chi connectivity index (χ0v) is 23.4. The SMILES string of the molecule is CC(C)Oc1cc(-n2nc(C(C)(C)C)oc2=O)c(Cl)cc1Cl.COC(=O)NS(=O)(=O)c1ccc(N)cc1. The minimum Gasteiger partial charge on any atom is -0.489 e. The Balaban J connectivity index is 0.000000281. The van der Waals surface area contributed by atoms with Crippen molar-refractivity contribution in [3.05, 3.63) is 62.9 Å². The van der Waals surface area contributed by atoms with Gasteiger partial charge in [0, 0.05) is 17.2 Å². The minimum absolute atomic E-state index is 0.0536. The van der Waals surface area contributed by atoms with E-state index in [1.165, 1.54) is 30.3 Å². The number of aromatic nitrogens is 2. The summed E-state index contributed by atoms with van der Waals surface area (Å²) in [6.45, 7) is 9.47. The molecule has 0 saturated heterocycles. The highest BCUT2D eigenvalue weighted by Gasteiger charge is 2.24. The molecule has 1 heterocycles. The van der Waals surface area contributed by atoms with Crippen molar-refractivity contribution in [1.82, 2.24) is 14.5 Å². The molecule has 0 atom stereocenters. The molecule has 0 aliphatic carbocycles. The Hall–Kier alpha value is -3.22. The van der Waals surface area contributed by atoms with Gasteiger partial charge in [-0.25, -0.2) is 22.7 Å².